The minimum absolute atomic E-state index is 0.267. The molecule has 0 aliphatic carbocycles. The standard InChI is InChI=1S/C20H28N2O/c1-15-13-16(18-7-5-6-8-19(18)21-15)14-23-17-9-11-22(12-10-17)20(2,3)4/h5-8,13,17H,9-12,14H2,1-4H3. The molecule has 1 aromatic heterocycles. The highest BCUT2D eigenvalue weighted by Crippen LogP contribution is 2.24. The van der Waals surface area contributed by atoms with Crippen molar-refractivity contribution in [1.29, 1.82) is 0 Å². The summed E-state index contributed by atoms with van der Waals surface area (Å²) in [5.74, 6) is 0. The van der Waals surface area contributed by atoms with Crippen LogP contribution in [0.4, 0.5) is 0 Å². The SMILES string of the molecule is Cc1cc(COC2CCN(C(C)(C)C)CC2)c2ccccc2n1. The minimum atomic E-state index is 0.267. The van der Waals surface area contributed by atoms with E-state index >= 15 is 0 Å². The van der Waals surface area contributed by atoms with Gasteiger partial charge in [-0.15, -0.1) is 0 Å². The molecule has 0 atom stereocenters. The topological polar surface area (TPSA) is 25.4 Å². The fourth-order valence-corrected chi connectivity index (χ4v) is 3.42. The summed E-state index contributed by atoms with van der Waals surface area (Å²) in [5.41, 5.74) is 3.65. The van der Waals surface area contributed by atoms with Gasteiger partial charge >= 0.3 is 0 Å². The maximum atomic E-state index is 6.24. The first kappa shape index (κ1) is 16.4. The van der Waals surface area contributed by atoms with Crippen LogP contribution in [-0.2, 0) is 11.3 Å². The summed E-state index contributed by atoms with van der Waals surface area (Å²) in [7, 11) is 0. The normalized spacial score (nSPS) is 17.7. The molecule has 1 aliphatic heterocycles. The van der Waals surface area contributed by atoms with Crippen molar-refractivity contribution in [3.05, 3.63) is 41.6 Å². The summed E-state index contributed by atoms with van der Waals surface area (Å²) in [6.07, 6.45) is 2.62. The first-order valence-electron chi connectivity index (χ1n) is 8.65. The zero-order valence-corrected chi connectivity index (χ0v) is 14.8. The summed E-state index contributed by atoms with van der Waals surface area (Å²) >= 11 is 0. The van der Waals surface area contributed by atoms with Gasteiger partial charge in [-0.2, -0.15) is 0 Å². The second-order valence-electron chi connectivity index (χ2n) is 7.61. The van der Waals surface area contributed by atoms with Crippen molar-refractivity contribution in [2.45, 2.75) is 58.8 Å². The zero-order valence-electron chi connectivity index (χ0n) is 14.8. The van der Waals surface area contributed by atoms with Crippen LogP contribution in [0.5, 0.6) is 0 Å². The first-order valence-corrected chi connectivity index (χ1v) is 8.65. The lowest BCUT2D eigenvalue weighted by Gasteiger charge is -2.40. The Morgan fingerprint density at radius 2 is 1.87 bits per heavy atom. The molecule has 0 spiro atoms. The van der Waals surface area contributed by atoms with Crippen LogP contribution in [-0.4, -0.2) is 34.6 Å². The zero-order chi connectivity index (χ0) is 16.4. The van der Waals surface area contributed by atoms with Crippen LogP contribution in [0, 0.1) is 6.92 Å². The molecule has 1 aromatic carbocycles. The molecule has 0 amide bonds. The van der Waals surface area contributed by atoms with Gasteiger partial charge in [-0.3, -0.25) is 9.88 Å². The van der Waals surface area contributed by atoms with Gasteiger partial charge in [-0.05, 0) is 58.2 Å². The molecule has 1 saturated heterocycles. The van der Waals surface area contributed by atoms with E-state index in [1.54, 1.807) is 0 Å². The number of pyridine rings is 1. The van der Waals surface area contributed by atoms with E-state index in [1.807, 2.05) is 6.07 Å². The largest absolute Gasteiger partial charge is 0.373 e. The van der Waals surface area contributed by atoms with Crippen molar-refractivity contribution >= 4 is 10.9 Å². The minimum Gasteiger partial charge on any atom is -0.373 e. The number of aromatic nitrogens is 1. The van der Waals surface area contributed by atoms with Crippen LogP contribution in [0.3, 0.4) is 0 Å². The third-order valence-electron chi connectivity index (χ3n) is 4.80. The predicted octanol–water partition coefficient (Wildman–Crippen LogP) is 4.32. The van der Waals surface area contributed by atoms with Gasteiger partial charge in [0.05, 0.1) is 18.2 Å². The Labute approximate surface area is 139 Å². The second kappa shape index (κ2) is 6.58. The van der Waals surface area contributed by atoms with Crippen LogP contribution in [0.25, 0.3) is 10.9 Å². The van der Waals surface area contributed by atoms with Crippen molar-refractivity contribution < 1.29 is 4.74 Å². The monoisotopic (exact) mass is 312 g/mol. The third kappa shape index (κ3) is 3.91. The van der Waals surface area contributed by atoms with Gasteiger partial charge < -0.3 is 4.74 Å². The Morgan fingerprint density at radius 3 is 2.57 bits per heavy atom. The first-order chi connectivity index (χ1) is 10.9. The van der Waals surface area contributed by atoms with Crippen LogP contribution in [0.1, 0.15) is 44.9 Å². The Balaban J connectivity index is 1.64. The predicted molar refractivity (Wildman–Crippen MR) is 95.6 cm³/mol. The molecule has 0 N–H and O–H groups in total. The van der Waals surface area contributed by atoms with E-state index in [9.17, 15) is 0 Å². The van der Waals surface area contributed by atoms with Crippen LogP contribution in [0.15, 0.2) is 30.3 Å². The van der Waals surface area contributed by atoms with Crippen molar-refractivity contribution in [2.75, 3.05) is 13.1 Å². The number of hydrogen-bond acceptors (Lipinski definition) is 3. The number of hydrogen-bond donors (Lipinski definition) is 0. The molecular formula is C20H28N2O. The summed E-state index contributed by atoms with van der Waals surface area (Å²) in [4.78, 5) is 7.16. The van der Waals surface area contributed by atoms with Crippen LogP contribution in [0.2, 0.25) is 0 Å². The van der Waals surface area contributed by atoms with Gasteiger partial charge in [0.2, 0.25) is 0 Å². The molecule has 1 fully saturated rings. The molecule has 0 bridgehead atoms. The van der Waals surface area contributed by atoms with Crippen LogP contribution < -0.4 is 0 Å². The Bertz CT molecular complexity index is 667. The average Bonchev–Trinajstić information content (AvgIpc) is 2.52. The van der Waals surface area contributed by atoms with E-state index < -0.39 is 0 Å². The number of benzene rings is 1. The summed E-state index contributed by atoms with van der Waals surface area (Å²) in [6.45, 7) is 11.9. The van der Waals surface area contributed by atoms with E-state index in [0.717, 1.165) is 37.1 Å². The lowest BCUT2D eigenvalue weighted by molar-refractivity contribution is -0.0205. The van der Waals surface area contributed by atoms with Crippen molar-refractivity contribution in [2.24, 2.45) is 0 Å². The molecule has 124 valence electrons. The van der Waals surface area contributed by atoms with E-state index in [-0.39, 0.29) is 5.54 Å². The number of fused-ring (bicyclic) bond motifs is 1. The van der Waals surface area contributed by atoms with Gasteiger partial charge in [0.15, 0.2) is 0 Å². The van der Waals surface area contributed by atoms with Crippen molar-refractivity contribution in [1.82, 2.24) is 9.88 Å². The smallest absolute Gasteiger partial charge is 0.0727 e. The molecule has 3 nitrogen and oxygen atoms in total. The summed E-state index contributed by atoms with van der Waals surface area (Å²) in [6, 6.07) is 10.5. The average molecular weight is 312 g/mol. The van der Waals surface area contributed by atoms with Gasteiger partial charge in [0, 0.05) is 29.7 Å². The highest BCUT2D eigenvalue weighted by molar-refractivity contribution is 5.82. The number of rotatable bonds is 3. The number of likely N-dealkylation sites (tertiary alicyclic amines) is 1. The Morgan fingerprint density at radius 1 is 1.17 bits per heavy atom. The molecule has 3 heteroatoms. The number of nitrogens with zero attached hydrogens (tertiary/aromatic N) is 2. The fraction of sp³-hybridized carbons (Fsp3) is 0.550. The molecule has 2 aromatic rings. The summed E-state index contributed by atoms with van der Waals surface area (Å²) in [5, 5.41) is 1.21. The number of piperidine rings is 1. The molecule has 0 saturated carbocycles. The van der Waals surface area contributed by atoms with Gasteiger partial charge in [0.25, 0.3) is 0 Å². The fourth-order valence-electron chi connectivity index (χ4n) is 3.42. The van der Waals surface area contributed by atoms with Crippen molar-refractivity contribution in [3.8, 4) is 0 Å². The molecule has 2 heterocycles. The number of para-hydroxylation sites is 1. The van der Waals surface area contributed by atoms with Crippen molar-refractivity contribution in [3.63, 3.8) is 0 Å². The third-order valence-corrected chi connectivity index (χ3v) is 4.80. The maximum Gasteiger partial charge on any atom is 0.0727 e. The number of aryl methyl sites for hydroxylation is 1. The molecule has 23 heavy (non-hydrogen) atoms. The summed E-state index contributed by atoms with van der Waals surface area (Å²) < 4.78 is 6.24. The number of ether oxygens (including phenoxy) is 1. The lowest BCUT2D eigenvalue weighted by Crippen LogP contribution is -2.47. The van der Waals surface area contributed by atoms with Gasteiger partial charge in [0.1, 0.15) is 0 Å². The van der Waals surface area contributed by atoms with E-state index in [4.69, 9.17) is 4.74 Å². The Kier molecular flexibility index (Phi) is 4.69. The Hall–Kier alpha value is -1.45. The molecule has 3 rings (SSSR count). The highest BCUT2D eigenvalue weighted by Gasteiger charge is 2.27. The van der Waals surface area contributed by atoms with E-state index in [2.05, 4.69) is 61.8 Å². The molecule has 0 radical (unpaired) electrons. The lowest BCUT2D eigenvalue weighted by atomic mass is 9.99. The highest BCUT2D eigenvalue weighted by atomic mass is 16.5. The molecule has 1 aliphatic rings. The van der Waals surface area contributed by atoms with Gasteiger partial charge in [-0.1, -0.05) is 18.2 Å². The van der Waals surface area contributed by atoms with E-state index in [1.165, 1.54) is 10.9 Å². The quantitative estimate of drug-likeness (QED) is 0.844. The van der Waals surface area contributed by atoms with Crippen LogP contribution >= 0.6 is 0 Å². The maximum absolute atomic E-state index is 6.24. The molecular weight excluding hydrogens is 284 g/mol. The van der Waals surface area contributed by atoms with Gasteiger partial charge in [-0.25, -0.2) is 0 Å². The molecule has 0 unspecified atom stereocenters. The van der Waals surface area contributed by atoms with E-state index in [0.29, 0.717) is 12.7 Å². The second-order valence-corrected chi connectivity index (χ2v) is 7.61.